The van der Waals surface area contributed by atoms with Crippen LogP contribution in [-0.2, 0) is 16.0 Å². The van der Waals surface area contributed by atoms with Gasteiger partial charge in [-0.1, -0.05) is 15.9 Å². The maximum Gasteiger partial charge on any atom is 0.258 e. The third-order valence-corrected chi connectivity index (χ3v) is 3.53. The van der Waals surface area contributed by atoms with E-state index in [-0.39, 0.29) is 24.6 Å². The summed E-state index contributed by atoms with van der Waals surface area (Å²) in [7, 11) is 1.60. The van der Waals surface area contributed by atoms with Gasteiger partial charge < -0.3 is 20.5 Å². The first-order valence-electron chi connectivity index (χ1n) is 6.87. The number of carbonyl (C=O) groups is 1. The molecular formula is C15H23BrN2O3. The third-order valence-electron chi connectivity index (χ3n) is 2.75. The molecule has 2 atom stereocenters. The molecule has 118 valence electrons. The highest BCUT2D eigenvalue weighted by Crippen LogP contribution is 2.23. The van der Waals surface area contributed by atoms with Crippen molar-refractivity contribution in [1.29, 1.82) is 0 Å². The van der Waals surface area contributed by atoms with Crippen LogP contribution in [0.25, 0.3) is 0 Å². The molecule has 0 spiro atoms. The van der Waals surface area contributed by atoms with Gasteiger partial charge in [0.05, 0.1) is 6.61 Å². The quantitative estimate of drug-likeness (QED) is 0.743. The second-order valence-electron chi connectivity index (χ2n) is 5.15. The van der Waals surface area contributed by atoms with Crippen LogP contribution in [0.4, 0.5) is 0 Å². The molecule has 0 heterocycles. The normalized spacial score (nSPS) is 13.6. The molecule has 0 radical (unpaired) electrons. The molecule has 5 nitrogen and oxygen atoms in total. The highest BCUT2D eigenvalue weighted by molar-refractivity contribution is 9.10. The van der Waals surface area contributed by atoms with Gasteiger partial charge in [0.15, 0.2) is 6.61 Å². The van der Waals surface area contributed by atoms with Crippen molar-refractivity contribution in [3.05, 3.63) is 28.2 Å². The van der Waals surface area contributed by atoms with Crippen LogP contribution >= 0.6 is 15.9 Å². The molecule has 6 heteroatoms. The van der Waals surface area contributed by atoms with Crippen molar-refractivity contribution in [3.63, 3.8) is 0 Å². The van der Waals surface area contributed by atoms with Gasteiger partial charge >= 0.3 is 0 Å². The van der Waals surface area contributed by atoms with Gasteiger partial charge in [-0.3, -0.25) is 4.79 Å². The molecule has 3 N–H and O–H groups in total. The summed E-state index contributed by atoms with van der Waals surface area (Å²) in [6.45, 7) is 4.28. The molecule has 1 aromatic carbocycles. The highest BCUT2D eigenvalue weighted by Gasteiger charge is 2.09. The Morgan fingerprint density at radius 3 is 2.76 bits per heavy atom. The zero-order valence-corrected chi connectivity index (χ0v) is 14.3. The molecule has 1 aromatic rings. The summed E-state index contributed by atoms with van der Waals surface area (Å²) in [5.74, 6) is 0.486. The monoisotopic (exact) mass is 358 g/mol. The van der Waals surface area contributed by atoms with Gasteiger partial charge in [-0.05, 0) is 44.0 Å². The fourth-order valence-electron chi connectivity index (χ4n) is 1.90. The average Bonchev–Trinajstić information content (AvgIpc) is 2.39. The van der Waals surface area contributed by atoms with E-state index in [2.05, 4.69) is 21.2 Å². The van der Waals surface area contributed by atoms with Gasteiger partial charge in [0.2, 0.25) is 0 Å². The summed E-state index contributed by atoms with van der Waals surface area (Å²) in [6.07, 6.45) is 0.745. The Balaban J connectivity index is 2.53. The highest BCUT2D eigenvalue weighted by atomic mass is 79.9. The van der Waals surface area contributed by atoms with Crippen LogP contribution < -0.4 is 15.8 Å². The Hall–Kier alpha value is -1.11. The van der Waals surface area contributed by atoms with Crippen molar-refractivity contribution in [2.75, 3.05) is 20.3 Å². The van der Waals surface area contributed by atoms with Crippen LogP contribution in [0, 0.1) is 0 Å². The van der Waals surface area contributed by atoms with Crippen LogP contribution in [0.15, 0.2) is 22.7 Å². The van der Waals surface area contributed by atoms with E-state index in [9.17, 15) is 4.79 Å². The lowest BCUT2D eigenvalue weighted by Crippen LogP contribution is -2.38. The number of amides is 1. The van der Waals surface area contributed by atoms with Crippen molar-refractivity contribution < 1.29 is 14.3 Å². The summed E-state index contributed by atoms with van der Waals surface area (Å²) in [6, 6.07) is 5.65. The van der Waals surface area contributed by atoms with Gasteiger partial charge in [0.25, 0.3) is 5.91 Å². The van der Waals surface area contributed by atoms with Crippen LogP contribution in [0.2, 0.25) is 0 Å². The molecule has 0 aliphatic rings. The van der Waals surface area contributed by atoms with E-state index in [1.54, 1.807) is 7.11 Å². The number of hydrogen-bond donors (Lipinski definition) is 2. The topological polar surface area (TPSA) is 73.6 Å². The molecular weight excluding hydrogens is 336 g/mol. The summed E-state index contributed by atoms with van der Waals surface area (Å²) < 4.78 is 11.5. The Bertz CT molecular complexity index is 466. The Kier molecular flexibility index (Phi) is 7.71. The zero-order valence-electron chi connectivity index (χ0n) is 12.7. The summed E-state index contributed by atoms with van der Waals surface area (Å²) in [5, 5.41) is 2.79. The summed E-state index contributed by atoms with van der Waals surface area (Å²) in [4.78, 5) is 11.7. The number of methoxy groups -OCH3 is 1. The largest absolute Gasteiger partial charge is 0.484 e. The number of nitrogens with two attached hydrogens (primary N) is 1. The first-order valence-corrected chi connectivity index (χ1v) is 7.66. The Morgan fingerprint density at radius 1 is 1.43 bits per heavy atom. The number of hydrogen-bond acceptors (Lipinski definition) is 4. The second kappa shape index (κ2) is 9.02. The predicted octanol–water partition coefficient (Wildman–Crippen LogP) is 1.87. The van der Waals surface area contributed by atoms with Crippen LogP contribution in [0.1, 0.15) is 19.4 Å². The number of benzene rings is 1. The van der Waals surface area contributed by atoms with E-state index in [0.29, 0.717) is 12.4 Å². The van der Waals surface area contributed by atoms with E-state index in [1.807, 2.05) is 32.0 Å². The van der Waals surface area contributed by atoms with E-state index in [4.69, 9.17) is 15.2 Å². The van der Waals surface area contributed by atoms with E-state index < -0.39 is 0 Å². The standard InChI is InChI=1S/C15H23BrN2O3/c1-10(17)6-12-7-13(4-5-14(12)16)21-9-15(19)18-11(2)8-20-3/h4-5,7,10-11H,6,8-9,17H2,1-3H3,(H,18,19). The minimum Gasteiger partial charge on any atom is -0.484 e. The first-order chi connectivity index (χ1) is 9.92. The molecule has 0 aliphatic carbocycles. The lowest BCUT2D eigenvalue weighted by molar-refractivity contribution is -0.124. The number of ether oxygens (including phenoxy) is 2. The van der Waals surface area contributed by atoms with Crippen molar-refractivity contribution in [2.24, 2.45) is 5.73 Å². The van der Waals surface area contributed by atoms with Crippen molar-refractivity contribution >= 4 is 21.8 Å². The summed E-state index contributed by atoms with van der Waals surface area (Å²) in [5.41, 5.74) is 6.88. The minimum absolute atomic E-state index is 0.0205. The van der Waals surface area contributed by atoms with E-state index in [0.717, 1.165) is 16.5 Å². The van der Waals surface area contributed by atoms with Gasteiger partial charge in [0, 0.05) is 23.7 Å². The van der Waals surface area contributed by atoms with Gasteiger partial charge in [-0.15, -0.1) is 0 Å². The molecule has 0 aromatic heterocycles. The van der Waals surface area contributed by atoms with E-state index in [1.165, 1.54) is 0 Å². The van der Waals surface area contributed by atoms with Gasteiger partial charge in [-0.25, -0.2) is 0 Å². The molecule has 0 saturated heterocycles. The fraction of sp³-hybridized carbons (Fsp3) is 0.533. The number of halogens is 1. The summed E-state index contributed by atoms with van der Waals surface area (Å²) >= 11 is 3.48. The zero-order chi connectivity index (χ0) is 15.8. The maximum absolute atomic E-state index is 11.7. The molecule has 0 fully saturated rings. The van der Waals surface area contributed by atoms with Gasteiger partial charge in [0.1, 0.15) is 5.75 Å². The number of nitrogens with one attached hydrogen (secondary N) is 1. The minimum atomic E-state index is -0.170. The molecule has 21 heavy (non-hydrogen) atoms. The molecule has 0 aliphatic heterocycles. The average molecular weight is 359 g/mol. The maximum atomic E-state index is 11.7. The fourth-order valence-corrected chi connectivity index (χ4v) is 2.31. The third kappa shape index (κ3) is 6.93. The van der Waals surface area contributed by atoms with Crippen molar-refractivity contribution in [1.82, 2.24) is 5.32 Å². The molecule has 1 rings (SSSR count). The lowest BCUT2D eigenvalue weighted by atomic mass is 10.1. The first kappa shape index (κ1) is 17.9. The predicted molar refractivity (Wildman–Crippen MR) is 86.5 cm³/mol. The molecule has 0 bridgehead atoms. The van der Waals surface area contributed by atoms with Crippen LogP contribution in [-0.4, -0.2) is 38.3 Å². The smallest absolute Gasteiger partial charge is 0.258 e. The SMILES string of the molecule is COCC(C)NC(=O)COc1ccc(Br)c(CC(C)N)c1. The van der Waals surface area contributed by atoms with Crippen LogP contribution in [0.5, 0.6) is 5.75 Å². The van der Waals surface area contributed by atoms with Crippen molar-refractivity contribution in [3.8, 4) is 5.75 Å². The number of rotatable bonds is 8. The van der Waals surface area contributed by atoms with E-state index >= 15 is 0 Å². The Labute approximate surface area is 134 Å². The lowest BCUT2D eigenvalue weighted by Gasteiger charge is -2.14. The van der Waals surface area contributed by atoms with Gasteiger partial charge in [-0.2, -0.15) is 0 Å². The van der Waals surface area contributed by atoms with Crippen molar-refractivity contribution in [2.45, 2.75) is 32.4 Å². The van der Waals surface area contributed by atoms with Crippen LogP contribution in [0.3, 0.4) is 0 Å². The Morgan fingerprint density at radius 2 is 2.14 bits per heavy atom. The molecule has 1 amide bonds. The number of carbonyl (C=O) groups excluding carboxylic acids is 1. The second-order valence-corrected chi connectivity index (χ2v) is 6.00. The molecule has 2 unspecified atom stereocenters. The molecule has 0 saturated carbocycles.